The molecule has 0 aliphatic heterocycles. The number of benzene rings is 2. The number of carbonyl (C=O) groups is 2. The number of halogens is 3. The van der Waals surface area contributed by atoms with E-state index in [1.165, 1.54) is 31.2 Å². The molecule has 2 aromatic carbocycles. The fraction of sp³-hybridized carbons (Fsp3) is 0.222. The Morgan fingerprint density at radius 1 is 1.12 bits per heavy atom. The highest BCUT2D eigenvalue weighted by molar-refractivity contribution is 6.31. The summed E-state index contributed by atoms with van der Waals surface area (Å²) in [6, 6.07) is 9.99. The molecule has 0 saturated heterocycles. The number of esters is 1. The molecule has 0 bridgehead atoms. The van der Waals surface area contributed by atoms with E-state index in [0.29, 0.717) is 10.7 Å². The van der Waals surface area contributed by atoms with E-state index < -0.39 is 24.6 Å². The quantitative estimate of drug-likeness (QED) is 0.749. The smallest absolute Gasteiger partial charge is 0.387 e. The molecule has 5 nitrogen and oxygen atoms in total. The molecule has 2 rings (SSSR count). The van der Waals surface area contributed by atoms with Crippen LogP contribution in [-0.2, 0) is 9.53 Å². The van der Waals surface area contributed by atoms with Crippen molar-refractivity contribution in [1.82, 2.24) is 0 Å². The SMILES string of the molecule is Cc1ccc(Cl)cc1NC(=O)[C@@H](C)OC(=O)c1ccc(OC(F)F)cc1. The highest BCUT2D eigenvalue weighted by atomic mass is 35.5. The van der Waals surface area contributed by atoms with E-state index in [1.807, 2.05) is 0 Å². The number of hydrogen-bond donors (Lipinski definition) is 1. The molecule has 8 heteroatoms. The molecule has 26 heavy (non-hydrogen) atoms. The van der Waals surface area contributed by atoms with Crippen LogP contribution in [0.1, 0.15) is 22.8 Å². The topological polar surface area (TPSA) is 64.6 Å². The highest BCUT2D eigenvalue weighted by Crippen LogP contribution is 2.21. The van der Waals surface area contributed by atoms with E-state index in [-0.39, 0.29) is 11.3 Å². The van der Waals surface area contributed by atoms with Crippen LogP contribution in [0.2, 0.25) is 5.02 Å². The van der Waals surface area contributed by atoms with Crippen LogP contribution in [0.5, 0.6) is 5.75 Å². The van der Waals surface area contributed by atoms with Gasteiger partial charge in [-0.15, -0.1) is 0 Å². The van der Waals surface area contributed by atoms with Gasteiger partial charge in [0.15, 0.2) is 6.10 Å². The van der Waals surface area contributed by atoms with Crippen LogP contribution in [0.25, 0.3) is 0 Å². The van der Waals surface area contributed by atoms with Crippen molar-refractivity contribution in [3.8, 4) is 5.75 Å². The highest BCUT2D eigenvalue weighted by Gasteiger charge is 2.20. The number of ether oxygens (including phenoxy) is 2. The van der Waals surface area contributed by atoms with Crippen molar-refractivity contribution >= 4 is 29.2 Å². The van der Waals surface area contributed by atoms with Crippen molar-refractivity contribution in [3.05, 3.63) is 58.6 Å². The van der Waals surface area contributed by atoms with E-state index in [9.17, 15) is 18.4 Å². The van der Waals surface area contributed by atoms with Gasteiger partial charge in [0, 0.05) is 10.7 Å². The average molecular weight is 384 g/mol. The van der Waals surface area contributed by atoms with Crippen LogP contribution in [0, 0.1) is 6.92 Å². The maximum atomic E-state index is 12.2. The Morgan fingerprint density at radius 3 is 2.38 bits per heavy atom. The van der Waals surface area contributed by atoms with Crippen LogP contribution in [-0.4, -0.2) is 24.6 Å². The number of carbonyl (C=O) groups excluding carboxylic acids is 2. The van der Waals surface area contributed by atoms with Crippen molar-refractivity contribution in [2.24, 2.45) is 0 Å². The lowest BCUT2D eigenvalue weighted by atomic mass is 10.2. The van der Waals surface area contributed by atoms with Crippen molar-refractivity contribution in [2.75, 3.05) is 5.32 Å². The molecule has 1 N–H and O–H groups in total. The summed E-state index contributed by atoms with van der Waals surface area (Å²) in [5, 5.41) is 3.09. The normalized spacial score (nSPS) is 11.8. The Labute approximate surface area is 153 Å². The van der Waals surface area contributed by atoms with Crippen molar-refractivity contribution in [3.63, 3.8) is 0 Å². The molecular weight excluding hydrogens is 368 g/mol. The van der Waals surface area contributed by atoms with Crippen molar-refractivity contribution in [2.45, 2.75) is 26.6 Å². The molecule has 1 amide bonds. The lowest BCUT2D eigenvalue weighted by molar-refractivity contribution is -0.123. The number of hydrogen-bond acceptors (Lipinski definition) is 4. The van der Waals surface area contributed by atoms with Gasteiger partial charge in [-0.1, -0.05) is 17.7 Å². The van der Waals surface area contributed by atoms with Gasteiger partial charge in [-0.05, 0) is 55.8 Å². The van der Waals surface area contributed by atoms with Crippen LogP contribution in [0.15, 0.2) is 42.5 Å². The van der Waals surface area contributed by atoms with Crippen LogP contribution in [0.4, 0.5) is 14.5 Å². The molecule has 0 aliphatic rings. The number of anilines is 1. The maximum absolute atomic E-state index is 12.2. The van der Waals surface area contributed by atoms with E-state index in [4.69, 9.17) is 16.3 Å². The van der Waals surface area contributed by atoms with Gasteiger partial charge in [-0.3, -0.25) is 4.79 Å². The molecule has 0 aliphatic carbocycles. The first kappa shape index (κ1) is 19.7. The zero-order valence-corrected chi connectivity index (χ0v) is 14.7. The molecule has 0 unspecified atom stereocenters. The predicted molar refractivity (Wildman–Crippen MR) is 92.8 cm³/mol. The van der Waals surface area contributed by atoms with Gasteiger partial charge in [0.25, 0.3) is 5.91 Å². The molecule has 0 aromatic heterocycles. The minimum atomic E-state index is -2.95. The zero-order chi connectivity index (χ0) is 19.3. The Hall–Kier alpha value is -2.67. The molecule has 1 atom stereocenters. The zero-order valence-electron chi connectivity index (χ0n) is 14.0. The van der Waals surface area contributed by atoms with Gasteiger partial charge in [0.1, 0.15) is 5.75 Å². The predicted octanol–water partition coefficient (Wildman–Crippen LogP) is 4.43. The van der Waals surface area contributed by atoms with E-state index >= 15 is 0 Å². The average Bonchev–Trinajstić information content (AvgIpc) is 2.58. The Morgan fingerprint density at radius 2 is 1.77 bits per heavy atom. The van der Waals surface area contributed by atoms with Crippen LogP contribution < -0.4 is 10.1 Å². The number of alkyl halides is 2. The third-order valence-electron chi connectivity index (χ3n) is 3.43. The summed E-state index contributed by atoms with van der Waals surface area (Å²) in [4.78, 5) is 24.2. The van der Waals surface area contributed by atoms with Gasteiger partial charge in [0.2, 0.25) is 0 Å². The molecular formula is C18H16ClF2NO4. The third kappa shape index (κ3) is 5.42. The van der Waals surface area contributed by atoms with E-state index in [1.54, 1.807) is 25.1 Å². The summed E-state index contributed by atoms with van der Waals surface area (Å²) < 4.78 is 33.5. The van der Waals surface area contributed by atoms with Crippen molar-refractivity contribution < 1.29 is 27.8 Å². The summed E-state index contributed by atoms with van der Waals surface area (Å²) in [5.41, 5.74) is 1.42. The summed E-state index contributed by atoms with van der Waals surface area (Å²) in [7, 11) is 0. The fourth-order valence-electron chi connectivity index (χ4n) is 2.02. The van der Waals surface area contributed by atoms with Gasteiger partial charge in [-0.25, -0.2) is 4.79 Å². The first-order valence-electron chi connectivity index (χ1n) is 7.59. The van der Waals surface area contributed by atoms with Gasteiger partial charge < -0.3 is 14.8 Å². The van der Waals surface area contributed by atoms with Crippen molar-refractivity contribution in [1.29, 1.82) is 0 Å². The first-order valence-corrected chi connectivity index (χ1v) is 7.97. The van der Waals surface area contributed by atoms with E-state index in [0.717, 1.165) is 5.56 Å². The maximum Gasteiger partial charge on any atom is 0.387 e. The lowest BCUT2D eigenvalue weighted by Crippen LogP contribution is -2.30. The van der Waals surface area contributed by atoms with Crippen LogP contribution >= 0.6 is 11.6 Å². The Kier molecular flexibility index (Phi) is 6.52. The summed E-state index contributed by atoms with van der Waals surface area (Å²) in [5.74, 6) is -1.38. The van der Waals surface area contributed by atoms with Crippen LogP contribution in [0.3, 0.4) is 0 Å². The standard InChI is InChI=1S/C18H16ClF2NO4/c1-10-3-6-13(19)9-15(10)22-16(23)11(2)25-17(24)12-4-7-14(8-5-12)26-18(20)21/h3-9,11,18H,1-2H3,(H,22,23)/t11-/m1/s1. The molecule has 0 fully saturated rings. The molecule has 0 spiro atoms. The molecule has 0 heterocycles. The number of amides is 1. The minimum Gasteiger partial charge on any atom is -0.449 e. The second-order valence-electron chi connectivity index (χ2n) is 5.40. The largest absolute Gasteiger partial charge is 0.449 e. The third-order valence-corrected chi connectivity index (χ3v) is 3.66. The van der Waals surface area contributed by atoms with Gasteiger partial charge in [0.05, 0.1) is 5.56 Å². The molecule has 0 radical (unpaired) electrons. The second kappa shape index (κ2) is 8.62. The van der Waals surface area contributed by atoms with Gasteiger partial charge in [-0.2, -0.15) is 8.78 Å². The fourth-order valence-corrected chi connectivity index (χ4v) is 2.19. The minimum absolute atomic E-state index is 0.0845. The summed E-state index contributed by atoms with van der Waals surface area (Å²) in [6.07, 6.45) is -1.07. The number of aryl methyl sites for hydroxylation is 1. The van der Waals surface area contributed by atoms with Gasteiger partial charge >= 0.3 is 12.6 Å². The Balaban J connectivity index is 1.97. The Bertz CT molecular complexity index is 796. The first-order chi connectivity index (χ1) is 12.3. The molecule has 138 valence electrons. The number of nitrogens with one attached hydrogen (secondary N) is 1. The lowest BCUT2D eigenvalue weighted by Gasteiger charge is -2.15. The monoisotopic (exact) mass is 383 g/mol. The number of rotatable bonds is 6. The second-order valence-corrected chi connectivity index (χ2v) is 5.84. The molecule has 2 aromatic rings. The van der Waals surface area contributed by atoms with E-state index in [2.05, 4.69) is 10.1 Å². The summed E-state index contributed by atoms with van der Waals surface area (Å²) in [6.45, 7) is 0.263. The summed E-state index contributed by atoms with van der Waals surface area (Å²) >= 11 is 5.89. The molecule has 0 saturated carbocycles.